The number of esters is 2. The fraction of sp³-hybridized carbons (Fsp3) is 0.938. The molecule has 1 saturated heterocycles. The van der Waals surface area contributed by atoms with E-state index in [4.69, 9.17) is 9.47 Å². The summed E-state index contributed by atoms with van der Waals surface area (Å²) in [5, 5.41) is 21.8. The molecule has 1 aliphatic heterocycles. The van der Waals surface area contributed by atoms with Crippen LogP contribution in [0.1, 0.15) is 125 Å². The molecule has 2 N–H and O–H groups in total. The minimum Gasteiger partial charge on any atom is -0.465 e. The van der Waals surface area contributed by atoms with E-state index in [1.807, 2.05) is 6.92 Å². The van der Waals surface area contributed by atoms with Crippen molar-refractivity contribution < 1.29 is 29.3 Å². The lowest BCUT2D eigenvalue weighted by molar-refractivity contribution is -0.175. The topological polar surface area (TPSA) is 93.1 Å². The Morgan fingerprint density at radius 3 is 2.55 bits per heavy atom. The van der Waals surface area contributed by atoms with Crippen LogP contribution in [0, 0.1) is 40.4 Å². The largest absolute Gasteiger partial charge is 0.465 e. The maximum absolute atomic E-state index is 12.8. The van der Waals surface area contributed by atoms with Gasteiger partial charge in [0.05, 0.1) is 25.2 Å². The summed E-state index contributed by atoms with van der Waals surface area (Å²) >= 11 is 0. The molecule has 3 aliphatic carbocycles. The third-order valence-corrected chi connectivity index (χ3v) is 11.8. The van der Waals surface area contributed by atoms with Gasteiger partial charge in [0.25, 0.3) is 0 Å². The number of aliphatic hydroxyl groups is 2. The quantitative estimate of drug-likeness (QED) is 0.342. The summed E-state index contributed by atoms with van der Waals surface area (Å²) in [5.74, 6) is 1.84. The fourth-order valence-electron chi connectivity index (χ4n) is 9.41. The molecule has 0 aromatic rings. The molecule has 0 radical (unpaired) electrons. The fourth-order valence-corrected chi connectivity index (χ4v) is 9.41. The highest BCUT2D eigenvalue weighted by molar-refractivity contribution is 5.74. The molecule has 218 valence electrons. The molecular weight excluding hydrogens is 480 g/mol. The SMILES string of the molecule is CCC(O)CCC1(C)CCCC(O)C2C1CCC1(C)C(C(C)CCC(=O)OC3(C)CCOC(=O)C3)CCC21. The number of rotatable bonds is 9. The van der Waals surface area contributed by atoms with Crippen LogP contribution in [0.3, 0.4) is 0 Å². The van der Waals surface area contributed by atoms with Crippen LogP contribution in [0.5, 0.6) is 0 Å². The van der Waals surface area contributed by atoms with Crippen LogP contribution < -0.4 is 0 Å². The molecule has 0 aromatic heterocycles. The number of carbonyl (C=O) groups is 2. The van der Waals surface area contributed by atoms with E-state index in [0.29, 0.717) is 49.0 Å². The zero-order chi connectivity index (χ0) is 27.7. The van der Waals surface area contributed by atoms with E-state index in [-0.39, 0.29) is 41.4 Å². The van der Waals surface area contributed by atoms with E-state index in [1.165, 1.54) is 19.3 Å². The predicted octanol–water partition coefficient (Wildman–Crippen LogP) is 6.20. The van der Waals surface area contributed by atoms with Gasteiger partial charge in [-0.2, -0.15) is 0 Å². The van der Waals surface area contributed by atoms with E-state index >= 15 is 0 Å². The van der Waals surface area contributed by atoms with Gasteiger partial charge in [-0.25, -0.2) is 0 Å². The van der Waals surface area contributed by atoms with Crippen molar-refractivity contribution in [3.63, 3.8) is 0 Å². The summed E-state index contributed by atoms with van der Waals surface area (Å²) in [5.41, 5.74) is -0.360. The molecule has 0 aromatic carbocycles. The average Bonchev–Trinajstić information content (AvgIpc) is 3.15. The summed E-state index contributed by atoms with van der Waals surface area (Å²) in [4.78, 5) is 24.4. The normalized spacial score (nSPS) is 42.8. The zero-order valence-electron chi connectivity index (χ0n) is 24.7. The molecule has 4 aliphatic rings. The monoisotopic (exact) mass is 534 g/mol. The Hall–Kier alpha value is -1.14. The van der Waals surface area contributed by atoms with Crippen molar-refractivity contribution in [2.24, 2.45) is 40.4 Å². The minimum atomic E-state index is -0.742. The van der Waals surface area contributed by atoms with E-state index < -0.39 is 5.60 Å². The average molecular weight is 535 g/mol. The number of hydrogen-bond acceptors (Lipinski definition) is 6. The van der Waals surface area contributed by atoms with Crippen molar-refractivity contribution in [2.45, 2.75) is 142 Å². The highest BCUT2D eigenvalue weighted by Crippen LogP contribution is 2.65. The second-order valence-corrected chi connectivity index (χ2v) is 14.3. The van der Waals surface area contributed by atoms with Gasteiger partial charge in [0.15, 0.2) is 0 Å². The second kappa shape index (κ2) is 11.8. The van der Waals surface area contributed by atoms with E-state index in [0.717, 1.165) is 51.4 Å². The Morgan fingerprint density at radius 1 is 1.08 bits per heavy atom. The Bertz CT molecular complexity index is 844. The predicted molar refractivity (Wildman–Crippen MR) is 147 cm³/mol. The molecular formula is C32H54O6. The summed E-state index contributed by atoms with van der Waals surface area (Å²) in [6, 6.07) is 0. The van der Waals surface area contributed by atoms with Gasteiger partial charge in [-0.15, -0.1) is 0 Å². The zero-order valence-corrected chi connectivity index (χ0v) is 24.7. The van der Waals surface area contributed by atoms with Crippen LogP contribution in [0.2, 0.25) is 0 Å². The third-order valence-electron chi connectivity index (χ3n) is 11.8. The molecule has 6 heteroatoms. The van der Waals surface area contributed by atoms with Gasteiger partial charge in [-0.1, -0.05) is 34.1 Å². The molecule has 4 fully saturated rings. The van der Waals surface area contributed by atoms with Gasteiger partial charge >= 0.3 is 11.9 Å². The highest BCUT2D eigenvalue weighted by atomic mass is 16.6. The van der Waals surface area contributed by atoms with Crippen molar-refractivity contribution in [3.8, 4) is 0 Å². The number of carbonyl (C=O) groups excluding carboxylic acids is 2. The summed E-state index contributed by atoms with van der Waals surface area (Å²) < 4.78 is 10.8. The minimum absolute atomic E-state index is 0.137. The van der Waals surface area contributed by atoms with Crippen LogP contribution in [-0.2, 0) is 19.1 Å². The van der Waals surface area contributed by atoms with E-state index in [2.05, 4.69) is 27.7 Å². The first-order valence-electron chi connectivity index (χ1n) is 15.6. The summed E-state index contributed by atoms with van der Waals surface area (Å²) in [7, 11) is 0. The van der Waals surface area contributed by atoms with E-state index in [1.54, 1.807) is 0 Å². The maximum Gasteiger partial charge on any atom is 0.309 e. The van der Waals surface area contributed by atoms with E-state index in [9.17, 15) is 19.8 Å². The molecule has 0 bridgehead atoms. The molecule has 0 amide bonds. The van der Waals surface area contributed by atoms with Crippen LogP contribution >= 0.6 is 0 Å². The van der Waals surface area contributed by atoms with Gasteiger partial charge < -0.3 is 19.7 Å². The number of fused-ring (bicyclic) bond motifs is 3. The Morgan fingerprint density at radius 2 is 1.84 bits per heavy atom. The molecule has 1 heterocycles. The maximum atomic E-state index is 12.8. The molecule has 38 heavy (non-hydrogen) atoms. The van der Waals surface area contributed by atoms with Crippen molar-refractivity contribution in [3.05, 3.63) is 0 Å². The van der Waals surface area contributed by atoms with Crippen molar-refractivity contribution in [1.82, 2.24) is 0 Å². The number of cyclic esters (lactones) is 1. The first-order valence-corrected chi connectivity index (χ1v) is 15.6. The molecule has 10 unspecified atom stereocenters. The molecule has 3 saturated carbocycles. The molecule has 0 spiro atoms. The third kappa shape index (κ3) is 6.11. The lowest BCUT2D eigenvalue weighted by Gasteiger charge is -2.55. The van der Waals surface area contributed by atoms with Crippen molar-refractivity contribution in [1.29, 1.82) is 0 Å². The first-order chi connectivity index (χ1) is 17.9. The highest BCUT2D eigenvalue weighted by Gasteiger charge is 2.59. The lowest BCUT2D eigenvalue weighted by Crippen LogP contribution is -2.50. The summed E-state index contributed by atoms with van der Waals surface area (Å²) in [6.45, 7) is 11.4. The van der Waals surface area contributed by atoms with Gasteiger partial charge in [-0.05, 0) is 112 Å². The second-order valence-electron chi connectivity index (χ2n) is 14.3. The van der Waals surface area contributed by atoms with Crippen LogP contribution in [0.25, 0.3) is 0 Å². The smallest absolute Gasteiger partial charge is 0.309 e. The standard InChI is InChI=1S/C32H54O6/c1-6-22(33)13-16-30(3)15-7-8-26(34)29-24(30)14-17-32(5)23(10-11-25(29)32)21(2)9-12-27(35)38-31(4)18-19-37-28(36)20-31/h21-26,29,33-34H,6-20H2,1-5H3. The summed E-state index contributed by atoms with van der Waals surface area (Å²) in [6.07, 6.45) is 12.0. The Balaban J connectivity index is 1.40. The first kappa shape index (κ1) is 29.8. The van der Waals surface area contributed by atoms with Gasteiger partial charge in [0.2, 0.25) is 0 Å². The molecule has 6 nitrogen and oxygen atoms in total. The number of hydrogen-bond donors (Lipinski definition) is 2. The van der Waals surface area contributed by atoms with Crippen molar-refractivity contribution >= 4 is 11.9 Å². The molecule has 10 atom stereocenters. The molecule has 4 rings (SSSR count). The Kier molecular flexibility index (Phi) is 9.24. The van der Waals surface area contributed by atoms with Gasteiger partial charge in [0.1, 0.15) is 5.60 Å². The lowest BCUT2D eigenvalue weighted by atomic mass is 9.50. The van der Waals surface area contributed by atoms with Gasteiger partial charge in [0, 0.05) is 12.8 Å². The van der Waals surface area contributed by atoms with Gasteiger partial charge in [-0.3, -0.25) is 9.59 Å². The van der Waals surface area contributed by atoms with Crippen LogP contribution in [0.4, 0.5) is 0 Å². The number of aliphatic hydroxyl groups excluding tert-OH is 2. The Labute approximate surface area is 230 Å². The van der Waals surface area contributed by atoms with Crippen LogP contribution in [-0.4, -0.2) is 46.6 Å². The van der Waals surface area contributed by atoms with Crippen molar-refractivity contribution in [2.75, 3.05) is 6.61 Å². The van der Waals surface area contributed by atoms with Crippen LogP contribution in [0.15, 0.2) is 0 Å². The number of ether oxygens (including phenoxy) is 2.